The first-order chi connectivity index (χ1) is 33.0. The Morgan fingerprint density at radius 1 is 0.714 bits per heavy atom. The number of likely N-dealkylation sites (tertiary alicyclic amines) is 1. The molecule has 0 saturated carbocycles. The van der Waals surface area contributed by atoms with E-state index in [0.717, 1.165) is 23.5 Å². The van der Waals surface area contributed by atoms with Gasteiger partial charge in [0.15, 0.2) is 23.3 Å². The fraction of sp³-hybridized carbons (Fsp3) is 0.353. The van der Waals surface area contributed by atoms with Crippen molar-refractivity contribution in [2.24, 2.45) is 19.8 Å². The van der Waals surface area contributed by atoms with Crippen LogP contribution in [0.4, 0.5) is 31.1 Å². The van der Waals surface area contributed by atoms with E-state index in [4.69, 9.17) is 15.6 Å². The Morgan fingerprint density at radius 3 is 1.67 bits per heavy atom. The minimum absolute atomic E-state index is 0.0273. The summed E-state index contributed by atoms with van der Waals surface area (Å²) in [4.78, 5) is 37.4. The summed E-state index contributed by atoms with van der Waals surface area (Å²) >= 11 is 0. The maximum atomic E-state index is 15.0. The van der Waals surface area contributed by atoms with Crippen molar-refractivity contribution in [3.05, 3.63) is 153 Å². The molecule has 19 heteroatoms. The van der Waals surface area contributed by atoms with Gasteiger partial charge in [0.25, 0.3) is 5.91 Å². The van der Waals surface area contributed by atoms with Gasteiger partial charge in [-0.3, -0.25) is 14.2 Å². The molecule has 4 aromatic carbocycles. The number of aromatic carboxylic acids is 1. The van der Waals surface area contributed by atoms with E-state index in [0.29, 0.717) is 72.4 Å². The van der Waals surface area contributed by atoms with Crippen molar-refractivity contribution in [2.75, 3.05) is 26.2 Å². The first kappa shape index (κ1) is 52.4. The molecule has 5 N–H and O–H groups in total. The van der Waals surface area contributed by atoms with Crippen LogP contribution in [0, 0.1) is 48.8 Å². The molecular formula is C51H56F6N8O5. The molecule has 8 rings (SSSR count). The fourth-order valence-corrected chi connectivity index (χ4v) is 8.68. The summed E-state index contributed by atoms with van der Waals surface area (Å²) in [7, 11) is 3.51. The average molecular weight is 975 g/mol. The number of carboxylic acids is 1. The molecule has 0 aliphatic carbocycles. The van der Waals surface area contributed by atoms with Gasteiger partial charge in [-0.05, 0) is 137 Å². The molecule has 2 fully saturated rings. The van der Waals surface area contributed by atoms with Crippen LogP contribution < -0.4 is 16.4 Å². The SMILES string of the molecule is CC(C)(C)OC(=O)N1CC[C@@H](c2ccc(F)c(F)c2)[C@H](N)C1.Cc1cc(-c2ccnn2C)cc(F)c1C(=O)N[C@@H]1CNCC[C@H]1c1ccc(F)c(F)c1.Cc1cc(-c2ccnn2C)cc(F)c1C(=O)O. The van der Waals surface area contributed by atoms with E-state index >= 15 is 0 Å². The average Bonchev–Trinajstić information content (AvgIpc) is 3.92. The van der Waals surface area contributed by atoms with Gasteiger partial charge in [-0.1, -0.05) is 12.1 Å². The number of hydrogen-bond donors (Lipinski definition) is 4. The summed E-state index contributed by atoms with van der Waals surface area (Å²) in [5, 5.41) is 23.0. The predicted molar refractivity (Wildman–Crippen MR) is 251 cm³/mol. The molecule has 2 aliphatic rings. The summed E-state index contributed by atoms with van der Waals surface area (Å²) in [6.07, 6.45) is 4.06. The molecule has 2 aliphatic heterocycles. The normalized spacial score (nSPS) is 17.9. The van der Waals surface area contributed by atoms with Crippen LogP contribution in [0.1, 0.15) is 88.4 Å². The number of nitrogens with two attached hydrogens (primary N) is 1. The largest absolute Gasteiger partial charge is 0.478 e. The highest BCUT2D eigenvalue weighted by Gasteiger charge is 2.33. The predicted octanol–water partition coefficient (Wildman–Crippen LogP) is 8.94. The number of carbonyl (C=O) groups excluding carboxylic acids is 2. The number of nitrogens with one attached hydrogen (secondary N) is 2. The minimum atomic E-state index is -1.25. The number of amides is 2. The van der Waals surface area contributed by atoms with Gasteiger partial charge in [-0.15, -0.1) is 0 Å². The lowest BCUT2D eigenvalue weighted by Gasteiger charge is -2.37. The molecule has 0 spiro atoms. The van der Waals surface area contributed by atoms with Crippen molar-refractivity contribution in [1.29, 1.82) is 0 Å². The van der Waals surface area contributed by atoms with Crippen LogP contribution in [0.25, 0.3) is 22.5 Å². The third kappa shape index (κ3) is 12.6. The number of hydrogen-bond acceptors (Lipinski definition) is 8. The van der Waals surface area contributed by atoms with Gasteiger partial charge < -0.3 is 31.1 Å². The van der Waals surface area contributed by atoms with Gasteiger partial charge in [0.2, 0.25) is 0 Å². The van der Waals surface area contributed by atoms with E-state index in [9.17, 15) is 40.7 Å². The monoisotopic (exact) mass is 974 g/mol. The van der Waals surface area contributed by atoms with Crippen molar-refractivity contribution in [2.45, 2.75) is 77.0 Å². The number of ether oxygens (including phenoxy) is 1. The number of rotatable bonds is 7. The Labute approximate surface area is 401 Å². The Bertz CT molecular complexity index is 2820. The molecule has 6 aromatic rings. The van der Waals surface area contributed by atoms with E-state index in [-0.39, 0.29) is 35.0 Å². The molecule has 0 unspecified atom stereocenters. The van der Waals surface area contributed by atoms with Gasteiger partial charge >= 0.3 is 12.1 Å². The lowest BCUT2D eigenvalue weighted by Crippen LogP contribution is -2.50. The van der Waals surface area contributed by atoms with E-state index in [1.807, 2.05) is 0 Å². The third-order valence-electron chi connectivity index (χ3n) is 12.1. The number of benzene rings is 4. The number of carbonyl (C=O) groups is 3. The van der Waals surface area contributed by atoms with Crippen LogP contribution in [0.2, 0.25) is 0 Å². The van der Waals surface area contributed by atoms with Gasteiger partial charge in [-0.25, -0.2) is 35.9 Å². The van der Waals surface area contributed by atoms with Crippen molar-refractivity contribution in [1.82, 2.24) is 35.1 Å². The molecule has 0 bridgehead atoms. The molecule has 4 atom stereocenters. The molecule has 0 radical (unpaired) electrons. The highest BCUT2D eigenvalue weighted by atomic mass is 19.2. The molecule has 13 nitrogen and oxygen atoms in total. The number of aryl methyl sites for hydroxylation is 4. The zero-order valence-electron chi connectivity index (χ0n) is 39.8. The van der Waals surface area contributed by atoms with Crippen LogP contribution >= 0.6 is 0 Å². The zero-order chi connectivity index (χ0) is 51.2. The summed E-state index contributed by atoms with van der Waals surface area (Å²) < 4.78 is 90.6. The number of nitrogens with zero attached hydrogens (tertiary/aromatic N) is 5. The van der Waals surface area contributed by atoms with Gasteiger partial charge in [0.1, 0.15) is 17.2 Å². The number of halogens is 6. The fourth-order valence-electron chi connectivity index (χ4n) is 8.68. The standard InChI is InChI=1S/C23H23F3N4O.C16H22F2N2O2.C12H11FN2O2/c1-13-9-15(21-6-8-28-30(21)2)11-19(26)22(13)23(31)29-20-12-27-7-5-16(20)14-3-4-17(24)18(25)10-14;1-16(2,3)22-15(21)20-7-6-11(14(19)9-20)10-4-5-12(17)13(18)8-10;1-7-5-8(10-3-4-14-15(10)2)6-9(13)11(7)12(16)17/h3-4,6,8-11,16,20,27H,5,7,12H2,1-2H3,(H,29,31);4-5,8,11,14H,6-7,9,19H2,1-3H3;3-6H,1-2H3,(H,16,17)/t16-,20+;11-,14+;/m00./s1. The van der Waals surface area contributed by atoms with Crippen LogP contribution in [-0.4, -0.2) is 91.4 Å². The van der Waals surface area contributed by atoms with Crippen molar-refractivity contribution < 1.29 is 50.6 Å². The molecule has 2 saturated heterocycles. The van der Waals surface area contributed by atoms with Crippen LogP contribution in [0.15, 0.2) is 85.2 Å². The van der Waals surface area contributed by atoms with E-state index < -0.39 is 58.5 Å². The van der Waals surface area contributed by atoms with Gasteiger partial charge in [0, 0.05) is 81.2 Å². The van der Waals surface area contributed by atoms with Crippen molar-refractivity contribution in [3.8, 4) is 22.5 Å². The Morgan fingerprint density at radius 2 is 1.23 bits per heavy atom. The Kier molecular flexibility index (Phi) is 16.6. The first-order valence-electron chi connectivity index (χ1n) is 22.5. The molecule has 372 valence electrons. The van der Waals surface area contributed by atoms with E-state index in [2.05, 4.69) is 20.8 Å². The van der Waals surface area contributed by atoms with Gasteiger partial charge in [-0.2, -0.15) is 10.2 Å². The number of aromatic nitrogens is 4. The molecular weight excluding hydrogens is 919 g/mol. The van der Waals surface area contributed by atoms with E-state index in [1.165, 1.54) is 30.3 Å². The summed E-state index contributed by atoms with van der Waals surface area (Å²) in [5.74, 6) is -7.04. The second kappa shape index (κ2) is 22.2. The van der Waals surface area contributed by atoms with Gasteiger partial charge in [0.05, 0.1) is 22.5 Å². The quantitative estimate of drug-likeness (QED) is 0.114. The van der Waals surface area contributed by atoms with Crippen molar-refractivity contribution >= 4 is 18.0 Å². The highest BCUT2D eigenvalue weighted by Crippen LogP contribution is 2.31. The van der Waals surface area contributed by atoms with Crippen LogP contribution in [0.5, 0.6) is 0 Å². The molecule has 70 heavy (non-hydrogen) atoms. The van der Waals surface area contributed by atoms with Crippen molar-refractivity contribution in [3.63, 3.8) is 0 Å². The topological polar surface area (TPSA) is 170 Å². The summed E-state index contributed by atoms with van der Waals surface area (Å²) in [5.41, 5.74) is 10.2. The maximum absolute atomic E-state index is 15.0. The molecule has 2 aromatic heterocycles. The molecule has 4 heterocycles. The van der Waals surface area contributed by atoms with Crippen LogP contribution in [0.3, 0.4) is 0 Å². The lowest BCUT2D eigenvalue weighted by atomic mass is 9.85. The highest BCUT2D eigenvalue weighted by molar-refractivity contribution is 5.97. The minimum Gasteiger partial charge on any atom is -0.478 e. The summed E-state index contributed by atoms with van der Waals surface area (Å²) in [6.45, 7) is 10.6. The zero-order valence-corrected chi connectivity index (χ0v) is 39.8. The Balaban J connectivity index is 0.000000181. The second-order valence-electron chi connectivity index (χ2n) is 18.3. The lowest BCUT2D eigenvalue weighted by molar-refractivity contribution is 0.0186. The number of carboxylic acid groups (broad SMARTS) is 1. The van der Waals surface area contributed by atoms with Crippen LogP contribution in [-0.2, 0) is 18.8 Å². The third-order valence-corrected chi connectivity index (χ3v) is 12.1. The number of piperidine rings is 2. The van der Waals surface area contributed by atoms with E-state index in [1.54, 1.807) is 106 Å². The summed E-state index contributed by atoms with van der Waals surface area (Å²) in [6, 6.07) is 16.3. The maximum Gasteiger partial charge on any atom is 0.410 e. The smallest absolute Gasteiger partial charge is 0.410 e. The molecule has 2 amide bonds. The second-order valence-corrected chi connectivity index (χ2v) is 18.3. The Hall–Kier alpha value is -6.99. The first-order valence-corrected chi connectivity index (χ1v) is 22.5.